The summed E-state index contributed by atoms with van der Waals surface area (Å²) in [6.07, 6.45) is 0. The van der Waals surface area contributed by atoms with E-state index in [9.17, 15) is 4.57 Å². The molecule has 0 saturated heterocycles. The van der Waals surface area contributed by atoms with Gasteiger partial charge in [0.15, 0.2) is 0 Å². The maximum Gasteiger partial charge on any atom is 0.413 e. The molecule has 0 fully saturated rings. The molecule has 0 amide bonds. The number of rotatable bonds is 4. The second kappa shape index (κ2) is 4.35. The quantitative estimate of drug-likeness (QED) is 0.456. The van der Waals surface area contributed by atoms with Crippen LogP contribution >= 0.6 is 7.75 Å². The van der Waals surface area contributed by atoms with Crippen molar-refractivity contribution in [2.24, 2.45) is 0 Å². The van der Waals surface area contributed by atoms with Crippen molar-refractivity contribution in [3.05, 3.63) is 0 Å². The average molecular weight is 196 g/mol. The molecule has 0 aliphatic carbocycles. The van der Waals surface area contributed by atoms with Gasteiger partial charge < -0.3 is 9.79 Å². The second-order valence-electron chi connectivity index (χ2n) is 3.24. The van der Waals surface area contributed by atoms with Crippen LogP contribution in [0.5, 0.6) is 0 Å². The van der Waals surface area contributed by atoms with Crippen LogP contribution in [-0.4, -0.2) is 26.9 Å². The highest BCUT2D eigenvalue weighted by Gasteiger charge is 2.21. The zero-order valence-electron chi connectivity index (χ0n) is 7.85. The van der Waals surface area contributed by atoms with Crippen LogP contribution in [0.2, 0.25) is 0 Å². The van der Waals surface area contributed by atoms with Gasteiger partial charge in [-0.15, -0.1) is 0 Å². The summed E-state index contributed by atoms with van der Waals surface area (Å²) in [5.74, 6) is 0. The molecule has 0 rings (SSSR count). The third-order valence-electron chi connectivity index (χ3n) is 1.36. The van der Waals surface area contributed by atoms with E-state index in [-0.39, 0.29) is 12.1 Å². The summed E-state index contributed by atoms with van der Waals surface area (Å²) < 4.78 is 10.6. The van der Waals surface area contributed by atoms with Crippen molar-refractivity contribution in [1.82, 2.24) is 10.2 Å². The van der Waals surface area contributed by atoms with Crippen LogP contribution in [0.4, 0.5) is 0 Å². The van der Waals surface area contributed by atoms with E-state index < -0.39 is 7.75 Å². The second-order valence-corrected chi connectivity index (χ2v) is 4.53. The molecule has 74 valence electrons. The van der Waals surface area contributed by atoms with Crippen LogP contribution in [0.3, 0.4) is 0 Å². The first-order valence-corrected chi connectivity index (χ1v) is 5.47. The Balaban J connectivity index is 4.25. The first-order chi connectivity index (χ1) is 5.24. The topological polar surface area (TPSA) is 72.8 Å². The minimum Gasteiger partial charge on any atom is -0.312 e. The largest absolute Gasteiger partial charge is 0.413 e. The molecule has 0 saturated carbocycles. The lowest BCUT2D eigenvalue weighted by Gasteiger charge is -2.30. The summed E-state index contributed by atoms with van der Waals surface area (Å²) in [4.78, 5) is 17.3. The summed E-state index contributed by atoms with van der Waals surface area (Å²) in [6.45, 7) is 7.46. The van der Waals surface area contributed by atoms with Gasteiger partial charge in [0.2, 0.25) is 0 Å². The summed E-state index contributed by atoms with van der Waals surface area (Å²) in [6, 6.07) is 0.107. The third kappa shape index (κ3) is 4.85. The highest BCUT2D eigenvalue weighted by molar-refractivity contribution is 7.49. The minimum absolute atomic E-state index is 0.0534. The molecule has 0 aliphatic heterocycles. The maximum atomic E-state index is 10.6. The number of hydrogen-bond donors (Lipinski definition) is 3. The summed E-state index contributed by atoms with van der Waals surface area (Å²) in [7, 11) is -4.15. The number of hydrazine groups is 1. The molecule has 0 heterocycles. The van der Waals surface area contributed by atoms with Crippen LogP contribution in [0.1, 0.15) is 27.7 Å². The molecule has 0 aromatic rings. The Morgan fingerprint density at radius 1 is 1.17 bits per heavy atom. The molecule has 0 radical (unpaired) electrons. The fraction of sp³-hybridized carbons (Fsp3) is 1.00. The van der Waals surface area contributed by atoms with Gasteiger partial charge in [0.25, 0.3) is 0 Å². The summed E-state index contributed by atoms with van der Waals surface area (Å²) >= 11 is 0. The van der Waals surface area contributed by atoms with Crippen molar-refractivity contribution < 1.29 is 14.4 Å². The molecule has 3 N–H and O–H groups in total. The molecule has 0 bridgehead atoms. The predicted octanol–water partition coefficient (Wildman–Crippen LogP) is 0.702. The maximum absolute atomic E-state index is 10.6. The van der Waals surface area contributed by atoms with E-state index in [2.05, 4.69) is 5.20 Å². The molecule has 12 heavy (non-hydrogen) atoms. The lowest BCUT2D eigenvalue weighted by atomic mass is 10.3. The van der Waals surface area contributed by atoms with Crippen LogP contribution in [0.15, 0.2) is 0 Å². The van der Waals surface area contributed by atoms with Gasteiger partial charge in [0, 0.05) is 12.1 Å². The van der Waals surface area contributed by atoms with Crippen LogP contribution < -0.4 is 5.20 Å². The third-order valence-corrected chi connectivity index (χ3v) is 1.85. The predicted molar refractivity (Wildman–Crippen MR) is 47.3 cm³/mol. The van der Waals surface area contributed by atoms with Gasteiger partial charge in [0.05, 0.1) is 0 Å². The fourth-order valence-electron chi connectivity index (χ4n) is 0.978. The highest BCUT2D eigenvalue weighted by atomic mass is 31.2. The Kier molecular flexibility index (Phi) is 4.37. The zero-order valence-corrected chi connectivity index (χ0v) is 8.75. The molecule has 0 unspecified atom stereocenters. The Morgan fingerprint density at radius 3 is 1.58 bits per heavy atom. The van der Waals surface area contributed by atoms with E-state index in [1.165, 1.54) is 5.01 Å². The monoisotopic (exact) mass is 196 g/mol. The average Bonchev–Trinajstić information content (AvgIpc) is 1.79. The molecule has 0 atom stereocenters. The van der Waals surface area contributed by atoms with Gasteiger partial charge in [-0.25, -0.2) is 9.57 Å². The Morgan fingerprint density at radius 2 is 1.50 bits per heavy atom. The molecule has 0 spiro atoms. The van der Waals surface area contributed by atoms with Crippen molar-refractivity contribution in [2.75, 3.05) is 0 Å². The van der Waals surface area contributed by atoms with Crippen molar-refractivity contribution >= 4 is 7.75 Å². The van der Waals surface area contributed by atoms with Crippen LogP contribution in [0.25, 0.3) is 0 Å². The van der Waals surface area contributed by atoms with E-state index >= 15 is 0 Å². The van der Waals surface area contributed by atoms with Gasteiger partial charge in [-0.05, 0) is 27.7 Å². The minimum atomic E-state index is -4.15. The Labute approximate surface area is 73.0 Å². The first kappa shape index (κ1) is 12.1. The van der Waals surface area contributed by atoms with Gasteiger partial charge in [-0.3, -0.25) is 0 Å². The lowest BCUT2D eigenvalue weighted by Crippen LogP contribution is -2.45. The molecular weight excluding hydrogens is 179 g/mol. The zero-order chi connectivity index (χ0) is 9.94. The van der Waals surface area contributed by atoms with Gasteiger partial charge in [-0.1, -0.05) is 0 Å². The van der Waals surface area contributed by atoms with Gasteiger partial charge >= 0.3 is 7.75 Å². The van der Waals surface area contributed by atoms with Crippen molar-refractivity contribution in [3.63, 3.8) is 0 Å². The number of nitrogens with zero attached hydrogens (tertiary/aromatic N) is 1. The smallest absolute Gasteiger partial charge is 0.312 e. The standard InChI is InChI=1S/C6H17N2O3P/c1-5(2)8(6(3)4)7-12(9,10)11/h5-6H,1-4H3,(H3,7,9,10,11). The van der Waals surface area contributed by atoms with Crippen LogP contribution in [0, 0.1) is 0 Å². The van der Waals surface area contributed by atoms with E-state index in [1.54, 1.807) is 0 Å². The Bertz CT molecular complexity index is 170. The summed E-state index contributed by atoms with van der Waals surface area (Å²) in [5, 5.41) is 3.68. The molecular formula is C6H17N2O3P. The normalized spacial score (nSPS) is 13.4. The molecule has 5 nitrogen and oxygen atoms in total. The number of nitrogens with one attached hydrogen (secondary N) is 1. The molecule has 6 heteroatoms. The molecule has 0 aromatic carbocycles. The SMILES string of the molecule is CC(C)N(NP(=O)(O)O)C(C)C. The Hall–Kier alpha value is 0.0700. The summed E-state index contributed by atoms with van der Waals surface area (Å²) in [5.41, 5.74) is 0. The van der Waals surface area contributed by atoms with Gasteiger partial charge in [-0.2, -0.15) is 5.20 Å². The first-order valence-electron chi connectivity index (χ1n) is 3.86. The van der Waals surface area contributed by atoms with Crippen LogP contribution in [-0.2, 0) is 4.57 Å². The fourth-order valence-corrected chi connectivity index (χ4v) is 1.74. The van der Waals surface area contributed by atoms with E-state index in [0.717, 1.165) is 0 Å². The van der Waals surface area contributed by atoms with Gasteiger partial charge in [0.1, 0.15) is 0 Å². The van der Waals surface area contributed by atoms with E-state index in [0.29, 0.717) is 0 Å². The van der Waals surface area contributed by atoms with Crippen molar-refractivity contribution in [2.45, 2.75) is 39.8 Å². The molecule has 0 aliphatic rings. The number of hydrogen-bond acceptors (Lipinski definition) is 2. The van der Waals surface area contributed by atoms with Crippen molar-refractivity contribution in [3.8, 4) is 0 Å². The van der Waals surface area contributed by atoms with E-state index in [4.69, 9.17) is 9.79 Å². The lowest BCUT2D eigenvalue weighted by molar-refractivity contribution is 0.126. The highest BCUT2D eigenvalue weighted by Crippen LogP contribution is 2.29. The van der Waals surface area contributed by atoms with Crippen molar-refractivity contribution in [1.29, 1.82) is 0 Å². The molecule has 0 aromatic heterocycles. The van der Waals surface area contributed by atoms with E-state index in [1.807, 2.05) is 27.7 Å².